The third-order valence-corrected chi connectivity index (χ3v) is 5.66. The van der Waals surface area contributed by atoms with Crippen LogP contribution in [0.2, 0.25) is 0 Å². The van der Waals surface area contributed by atoms with Crippen molar-refractivity contribution in [3.63, 3.8) is 0 Å². The first-order chi connectivity index (χ1) is 8.07. The summed E-state index contributed by atoms with van der Waals surface area (Å²) in [6, 6.07) is -0.476. The van der Waals surface area contributed by atoms with Gasteiger partial charge in [-0.05, 0) is 26.7 Å². The van der Waals surface area contributed by atoms with Gasteiger partial charge in [-0.15, -0.1) is 0 Å². The largest absolute Gasteiger partial charge is 0.481 e. The second-order valence-electron chi connectivity index (χ2n) is 5.24. The van der Waals surface area contributed by atoms with Gasteiger partial charge in [0.2, 0.25) is 5.91 Å². The fraction of sp³-hybridized carbons (Fsp3) is 0.818. The molecule has 0 heterocycles. The van der Waals surface area contributed by atoms with Crippen LogP contribution >= 0.6 is 0 Å². The Balaban J connectivity index is 2.80. The van der Waals surface area contributed by atoms with Crippen molar-refractivity contribution in [2.45, 2.75) is 43.9 Å². The van der Waals surface area contributed by atoms with Crippen molar-refractivity contribution < 1.29 is 23.1 Å². The first-order valence-electron chi connectivity index (χ1n) is 5.80. The van der Waals surface area contributed by atoms with Crippen LogP contribution in [0.5, 0.6) is 0 Å². The molecule has 7 heteroatoms. The first kappa shape index (κ1) is 14.9. The topological polar surface area (TPSA) is 101 Å². The molecular weight excluding hydrogens is 258 g/mol. The molecule has 0 saturated heterocycles. The molecule has 0 radical (unpaired) electrons. The van der Waals surface area contributed by atoms with E-state index >= 15 is 0 Å². The molecule has 18 heavy (non-hydrogen) atoms. The zero-order chi connectivity index (χ0) is 14.1. The Morgan fingerprint density at radius 1 is 1.28 bits per heavy atom. The number of nitrogens with one attached hydrogen (secondary N) is 1. The van der Waals surface area contributed by atoms with E-state index in [1.54, 1.807) is 0 Å². The van der Waals surface area contributed by atoms with E-state index in [4.69, 9.17) is 5.11 Å². The molecule has 0 aromatic carbocycles. The lowest BCUT2D eigenvalue weighted by Crippen LogP contribution is -2.52. The van der Waals surface area contributed by atoms with Crippen molar-refractivity contribution in [3.8, 4) is 0 Å². The normalized spacial score (nSPS) is 24.8. The van der Waals surface area contributed by atoms with E-state index in [-0.39, 0.29) is 0 Å². The van der Waals surface area contributed by atoms with Crippen molar-refractivity contribution in [2.24, 2.45) is 5.92 Å². The number of hydrogen-bond donors (Lipinski definition) is 2. The van der Waals surface area contributed by atoms with Crippen molar-refractivity contribution in [1.29, 1.82) is 0 Å². The summed E-state index contributed by atoms with van der Waals surface area (Å²) in [7, 11) is -3.54. The van der Waals surface area contributed by atoms with Crippen LogP contribution in [0.1, 0.15) is 33.1 Å². The van der Waals surface area contributed by atoms with E-state index in [1.165, 1.54) is 13.8 Å². The van der Waals surface area contributed by atoms with Crippen molar-refractivity contribution >= 4 is 21.7 Å². The van der Waals surface area contributed by atoms with Crippen LogP contribution in [0.3, 0.4) is 0 Å². The molecule has 0 aromatic rings. The molecule has 1 amide bonds. The maximum atomic E-state index is 12.0. The molecule has 0 aromatic heterocycles. The molecule has 1 saturated carbocycles. The van der Waals surface area contributed by atoms with Gasteiger partial charge in [0.1, 0.15) is 4.75 Å². The Morgan fingerprint density at radius 2 is 1.83 bits per heavy atom. The predicted octanol–water partition coefficient (Wildman–Crippen LogP) is 0.179. The summed E-state index contributed by atoms with van der Waals surface area (Å²) < 4.78 is 21.5. The van der Waals surface area contributed by atoms with E-state index < -0.39 is 38.4 Å². The highest BCUT2D eigenvalue weighted by atomic mass is 32.2. The molecule has 1 rings (SSSR count). The van der Waals surface area contributed by atoms with Gasteiger partial charge in [0, 0.05) is 12.3 Å². The number of hydrogen-bond acceptors (Lipinski definition) is 4. The number of carbonyl (C=O) groups excluding carboxylic acids is 1. The average molecular weight is 277 g/mol. The van der Waals surface area contributed by atoms with Crippen LogP contribution in [0, 0.1) is 5.92 Å². The van der Waals surface area contributed by atoms with Gasteiger partial charge in [0.15, 0.2) is 9.84 Å². The molecule has 2 N–H and O–H groups in total. The predicted molar refractivity (Wildman–Crippen MR) is 65.8 cm³/mol. The van der Waals surface area contributed by atoms with Crippen LogP contribution < -0.4 is 5.32 Å². The van der Waals surface area contributed by atoms with Gasteiger partial charge in [-0.25, -0.2) is 8.42 Å². The Hall–Kier alpha value is -1.11. The Kier molecular flexibility index (Phi) is 4.05. The van der Waals surface area contributed by atoms with Crippen LogP contribution in [0.25, 0.3) is 0 Å². The molecular formula is C11H19NO5S. The molecule has 1 aliphatic rings. The van der Waals surface area contributed by atoms with E-state index in [9.17, 15) is 18.0 Å². The summed E-state index contributed by atoms with van der Waals surface area (Å²) in [6.45, 7) is 2.64. The lowest BCUT2D eigenvalue weighted by atomic mass is 10.0. The van der Waals surface area contributed by atoms with Crippen LogP contribution in [0.15, 0.2) is 0 Å². The minimum absolute atomic E-state index is 0.476. The Labute approximate surface area is 107 Å². The maximum absolute atomic E-state index is 12.0. The molecule has 0 bridgehead atoms. The summed E-state index contributed by atoms with van der Waals surface area (Å²) in [5, 5.41) is 11.5. The second-order valence-corrected chi connectivity index (χ2v) is 7.80. The number of carboxylic acids is 1. The highest BCUT2D eigenvalue weighted by molar-refractivity contribution is 7.92. The SMILES string of the molecule is CC(C)(C(=O)NC1CCCC1C(=O)O)S(C)(=O)=O. The number of sulfone groups is 1. The smallest absolute Gasteiger partial charge is 0.308 e. The molecule has 0 aliphatic heterocycles. The Bertz CT molecular complexity index is 454. The summed E-state index contributed by atoms with van der Waals surface area (Å²) >= 11 is 0. The third-order valence-electron chi connectivity index (χ3n) is 3.62. The van der Waals surface area contributed by atoms with Crippen LogP contribution in [-0.4, -0.2) is 42.4 Å². The molecule has 6 nitrogen and oxygen atoms in total. The van der Waals surface area contributed by atoms with Gasteiger partial charge >= 0.3 is 5.97 Å². The van der Waals surface area contributed by atoms with Gasteiger partial charge in [-0.2, -0.15) is 0 Å². The van der Waals surface area contributed by atoms with Crippen molar-refractivity contribution in [2.75, 3.05) is 6.26 Å². The van der Waals surface area contributed by atoms with Crippen LogP contribution in [0.4, 0.5) is 0 Å². The van der Waals surface area contributed by atoms with Crippen molar-refractivity contribution in [1.82, 2.24) is 5.32 Å². The number of rotatable bonds is 4. The van der Waals surface area contributed by atoms with Crippen LogP contribution in [-0.2, 0) is 19.4 Å². The molecule has 0 spiro atoms. The molecule has 1 aliphatic carbocycles. The highest BCUT2D eigenvalue weighted by Crippen LogP contribution is 2.27. The van der Waals surface area contributed by atoms with Gasteiger partial charge < -0.3 is 10.4 Å². The summed E-state index contributed by atoms with van der Waals surface area (Å²) in [4.78, 5) is 22.9. The van der Waals surface area contributed by atoms with Gasteiger partial charge in [0.05, 0.1) is 5.92 Å². The van der Waals surface area contributed by atoms with E-state index in [0.29, 0.717) is 12.8 Å². The maximum Gasteiger partial charge on any atom is 0.308 e. The molecule has 2 unspecified atom stereocenters. The lowest BCUT2D eigenvalue weighted by Gasteiger charge is -2.25. The number of carboxylic acid groups (broad SMARTS) is 1. The highest BCUT2D eigenvalue weighted by Gasteiger charge is 2.42. The lowest BCUT2D eigenvalue weighted by molar-refractivity contribution is -0.142. The monoisotopic (exact) mass is 277 g/mol. The minimum atomic E-state index is -3.54. The standard InChI is InChI=1S/C11H19NO5S/c1-11(2,18(3,16)17)10(15)12-8-6-4-5-7(8)9(13)14/h7-8H,4-6H2,1-3H3,(H,12,15)(H,13,14). The van der Waals surface area contributed by atoms with Gasteiger partial charge in [-0.1, -0.05) is 6.42 Å². The average Bonchev–Trinajstić information content (AvgIpc) is 2.63. The zero-order valence-corrected chi connectivity index (χ0v) is 11.6. The van der Waals surface area contributed by atoms with Crippen molar-refractivity contribution in [3.05, 3.63) is 0 Å². The third kappa shape index (κ3) is 2.82. The van der Waals surface area contributed by atoms with E-state index in [1.807, 2.05) is 0 Å². The molecule has 104 valence electrons. The fourth-order valence-electron chi connectivity index (χ4n) is 1.94. The number of amides is 1. The Morgan fingerprint density at radius 3 is 2.28 bits per heavy atom. The quantitative estimate of drug-likeness (QED) is 0.763. The van der Waals surface area contributed by atoms with E-state index in [0.717, 1.165) is 12.7 Å². The minimum Gasteiger partial charge on any atom is -0.481 e. The number of carbonyl (C=O) groups is 2. The van der Waals surface area contributed by atoms with Gasteiger partial charge in [-0.3, -0.25) is 9.59 Å². The van der Waals surface area contributed by atoms with E-state index in [2.05, 4.69) is 5.32 Å². The molecule has 2 atom stereocenters. The summed E-state index contributed by atoms with van der Waals surface area (Å²) in [5.74, 6) is -2.21. The summed E-state index contributed by atoms with van der Waals surface area (Å²) in [5.41, 5.74) is 0. The molecule has 1 fully saturated rings. The fourth-order valence-corrected chi connectivity index (χ4v) is 2.33. The second kappa shape index (κ2) is 4.87. The first-order valence-corrected chi connectivity index (χ1v) is 7.70. The summed E-state index contributed by atoms with van der Waals surface area (Å²) in [6.07, 6.45) is 2.80. The number of aliphatic carboxylic acids is 1. The van der Waals surface area contributed by atoms with Gasteiger partial charge in [0.25, 0.3) is 0 Å². The zero-order valence-electron chi connectivity index (χ0n) is 10.8.